The molecule has 0 aromatic rings. The molecule has 0 radical (unpaired) electrons. The largest absolute Gasteiger partial charge is 0.469 e. The zero-order chi connectivity index (χ0) is 8.10. The summed E-state index contributed by atoms with van der Waals surface area (Å²) in [6, 6.07) is 0. The Hall–Kier alpha value is -1.27. The second-order valence-electron chi connectivity index (χ2n) is 2.27. The van der Waals surface area contributed by atoms with E-state index in [1.807, 2.05) is 18.2 Å². The first-order chi connectivity index (χ1) is 5.33. The number of hydrogen-bond acceptors (Lipinski definition) is 2. The van der Waals surface area contributed by atoms with Crippen LogP contribution < -0.4 is 0 Å². The topological polar surface area (TPSA) is 26.3 Å². The summed E-state index contributed by atoms with van der Waals surface area (Å²) in [6.07, 6.45) is 6.86. The van der Waals surface area contributed by atoms with Gasteiger partial charge in [-0.2, -0.15) is 0 Å². The molecule has 0 atom stereocenters. The molecule has 0 bridgehead atoms. The lowest BCUT2D eigenvalue weighted by molar-refractivity contribution is -0.140. The minimum atomic E-state index is -0.167. The molecule has 0 amide bonds. The summed E-state index contributed by atoms with van der Waals surface area (Å²) < 4.78 is 4.50. The van der Waals surface area contributed by atoms with Crippen molar-refractivity contribution in [2.75, 3.05) is 7.11 Å². The highest BCUT2D eigenvalue weighted by atomic mass is 16.5. The summed E-state index contributed by atoms with van der Waals surface area (Å²) in [7, 11) is 1.40. The molecule has 1 rings (SSSR count). The van der Waals surface area contributed by atoms with Crippen LogP contribution in [0.4, 0.5) is 0 Å². The summed E-state index contributed by atoms with van der Waals surface area (Å²) in [4.78, 5) is 10.7. The first-order valence-electron chi connectivity index (χ1n) is 3.52. The Bertz CT molecular complexity index is 242. The molecule has 0 heterocycles. The number of rotatable bonds is 3. The van der Waals surface area contributed by atoms with Crippen LogP contribution in [0.25, 0.3) is 0 Å². The molecule has 0 aromatic heterocycles. The molecule has 0 spiro atoms. The van der Waals surface area contributed by atoms with Crippen molar-refractivity contribution >= 4 is 5.97 Å². The Kier molecular flexibility index (Phi) is 2.70. The lowest BCUT2D eigenvalue weighted by atomic mass is 10.2. The number of carbonyl (C=O) groups is 1. The third kappa shape index (κ3) is 2.44. The van der Waals surface area contributed by atoms with E-state index < -0.39 is 0 Å². The van der Waals surface area contributed by atoms with Gasteiger partial charge in [-0.1, -0.05) is 12.2 Å². The van der Waals surface area contributed by atoms with E-state index in [9.17, 15) is 4.79 Å². The van der Waals surface area contributed by atoms with Gasteiger partial charge in [0.05, 0.1) is 13.5 Å². The average molecular weight is 150 g/mol. The van der Waals surface area contributed by atoms with E-state index in [0.29, 0.717) is 6.42 Å². The Morgan fingerprint density at radius 3 is 3.09 bits per heavy atom. The second kappa shape index (κ2) is 3.79. The molecular formula is C9H10O2. The fourth-order valence-corrected chi connectivity index (χ4v) is 0.862. The Labute approximate surface area is 65.9 Å². The van der Waals surface area contributed by atoms with Gasteiger partial charge in [-0.15, -0.1) is 5.73 Å². The average Bonchev–Trinajstić information content (AvgIpc) is 2.52. The molecule has 1 aliphatic rings. The van der Waals surface area contributed by atoms with Gasteiger partial charge in [0, 0.05) is 0 Å². The number of methoxy groups -OCH3 is 1. The molecule has 0 saturated carbocycles. The minimum absolute atomic E-state index is 0.167. The summed E-state index contributed by atoms with van der Waals surface area (Å²) in [5.74, 6) is -0.167. The number of carbonyl (C=O) groups excluding carboxylic acids is 1. The standard InChI is InChI=1S/C9H10O2/c1-11-9(10)7-6-8-4-2-3-5-8/h2-4H,6-7H2,1H3. The van der Waals surface area contributed by atoms with Crippen LogP contribution in [0, 0.1) is 0 Å². The third-order valence-corrected chi connectivity index (χ3v) is 1.49. The highest BCUT2D eigenvalue weighted by molar-refractivity contribution is 5.69. The monoisotopic (exact) mass is 150 g/mol. The van der Waals surface area contributed by atoms with Crippen molar-refractivity contribution in [1.82, 2.24) is 0 Å². The molecule has 0 aliphatic heterocycles. The predicted octanol–water partition coefficient (Wildman–Crippen LogP) is 1.59. The van der Waals surface area contributed by atoms with Crippen molar-refractivity contribution in [3.63, 3.8) is 0 Å². The molecule has 0 aromatic carbocycles. The van der Waals surface area contributed by atoms with Gasteiger partial charge in [0.1, 0.15) is 0 Å². The lowest BCUT2D eigenvalue weighted by Gasteiger charge is -1.96. The van der Waals surface area contributed by atoms with Crippen molar-refractivity contribution in [3.05, 3.63) is 29.5 Å². The molecule has 0 saturated heterocycles. The van der Waals surface area contributed by atoms with Crippen LogP contribution in [0.15, 0.2) is 29.5 Å². The van der Waals surface area contributed by atoms with Gasteiger partial charge in [0.15, 0.2) is 0 Å². The zero-order valence-corrected chi connectivity index (χ0v) is 6.46. The Balaban J connectivity index is 2.28. The molecular weight excluding hydrogens is 140 g/mol. The van der Waals surface area contributed by atoms with E-state index in [1.165, 1.54) is 7.11 Å². The quantitative estimate of drug-likeness (QED) is 0.451. The first kappa shape index (κ1) is 7.83. The molecule has 0 N–H and O–H groups in total. The molecule has 0 fully saturated rings. The van der Waals surface area contributed by atoms with E-state index in [-0.39, 0.29) is 5.97 Å². The van der Waals surface area contributed by atoms with Crippen LogP contribution in [-0.2, 0) is 9.53 Å². The molecule has 2 nitrogen and oxygen atoms in total. The maximum absolute atomic E-state index is 10.7. The van der Waals surface area contributed by atoms with Gasteiger partial charge in [-0.3, -0.25) is 4.79 Å². The van der Waals surface area contributed by atoms with Crippen molar-refractivity contribution < 1.29 is 9.53 Å². The molecule has 58 valence electrons. The lowest BCUT2D eigenvalue weighted by Crippen LogP contribution is -1.99. The summed E-state index contributed by atoms with van der Waals surface area (Å²) in [5, 5.41) is 0. The van der Waals surface area contributed by atoms with E-state index in [1.54, 1.807) is 0 Å². The summed E-state index contributed by atoms with van der Waals surface area (Å²) >= 11 is 0. The van der Waals surface area contributed by atoms with E-state index >= 15 is 0 Å². The minimum Gasteiger partial charge on any atom is -0.469 e. The fourth-order valence-electron chi connectivity index (χ4n) is 0.862. The van der Waals surface area contributed by atoms with Crippen LogP contribution in [0.5, 0.6) is 0 Å². The molecule has 11 heavy (non-hydrogen) atoms. The van der Waals surface area contributed by atoms with E-state index in [2.05, 4.69) is 10.5 Å². The SMILES string of the molecule is COC(=O)CCC1=C=CC=C1. The van der Waals surface area contributed by atoms with Crippen LogP contribution in [0.2, 0.25) is 0 Å². The number of esters is 1. The van der Waals surface area contributed by atoms with E-state index in [0.717, 1.165) is 12.0 Å². The van der Waals surface area contributed by atoms with Crippen molar-refractivity contribution in [3.8, 4) is 0 Å². The number of hydrogen-bond donors (Lipinski definition) is 0. The Morgan fingerprint density at radius 2 is 2.55 bits per heavy atom. The highest BCUT2D eigenvalue weighted by Crippen LogP contribution is 2.09. The maximum atomic E-state index is 10.7. The van der Waals surface area contributed by atoms with Crippen LogP contribution >= 0.6 is 0 Å². The van der Waals surface area contributed by atoms with Crippen LogP contribution in [-0.4, -0.2) is 13.1 Å². The van der Waals surface area contributed by atoms with Gasteiger partial charge >= 0.3 is 5.97 Å². The van der Waals surface area contributed by atoms with Gasteiger partial charge in [-0.25, -0.2) is 0 Å². The van der Waals surface area contributed by atoms with Gasteiger partial charge in [0.25, 0.3) is 0 Å². The second-order valence-corrected chi connectivity index (χ2v) is 2.27. The Morgan fingerprint density at radius 1 is 1.73 bits per heavy atom. The van der Waals surface area contributed by atoms with Crippen molar-refractivity contribution in [2.45, 2.75) is 12.8 Å². The van der Waals surface area contributed by atoms with Gasteiger partial charge in [-0.05, 0) is 18.1 Å². The zero-order valence-electron chi connectivity index (χ0n) is 6.46. The molecule has 0 unspecified atom stereocenters. The van der Waals surface area contributed by atoms with Gasteiger partial charge in [0.2, 0.25) is 0 Å². The van der Waals surface area contributed by atoms with Crippen molar-refractivity contribution in [2.24, 2.45) is 0 Å². The third-order valence-electron chi connectivity index (χ3n) is 1.49. The summed E-state index contributed by atoms with van der Waals surface area (Å²) in [5.41, 5.74) is 4.07. The number of allylic oxidation sites excluding steroid dienone is 3. The fraction of sp³-hybridized carbons (Fsp3) is 0.333. The van der Waals surface area contributed by atoms with Crippen LogP contribution in [0.1, 0.15) is 12.8 Å². The normalized spacial score (nSPS) is 13.4. The predicted molar refractivity (Wildman–Crippen MR) is 42.0 cm³/mol. The smallest absolute Gasteiger partial charge is 0.305 e. The number of ether oxygens (including phenoxy) is 1. The van der Waals surface area contributed by atoms with Crippen molar-refractivity contribution in [1.29, 1.82) is 0 Å². The highest BCUT2D eigenvalue weighted by Gasteiger charge is 2.01. The maximum Gasteiger partial charge on any atom is 0.305 e. The molecule has 1 aliphatic carbocycles. The molecule has 2 heteroatoms. The van der Waals surface area contributed by atoms with Crippen LogP contribution in [0.3, 0.4) is 0 Å². The first-order valence-corrected chi connectivity index (χ1v) is 3.52. The van der Waals surface area contributed by atoms with Gasteiger partial charge < -0.3 is 4.74 Å². The summed E-state index contributed by atoms with van der Waals surface area (Å²) in [6.45, 7) is 0. The van der Waals surface area contributed by atoms with E-state index in [4.69, 9.17) is 0 Å².